The van der Waals surface area contributed by atoms with Crippen molar-refractivity contribution in [3.05, 3.63) is 65.2 Å². The first-order chi connectivity index (χ1) is 9.76. The van der Waals surface area contributed by atoms with Crippen LogP contribution < -0.4 is 0 Å². The number of benzene rings is 2. The lowest BCUT2D eigenvalue weighted by Gasteiger charge is -2.15. The molecule has 1 heterocycles. The van der Waals surface area contributed by atoms with Crippen molar-refractivity contribution in [1.82, 2.24) is 0 Å². The third-order valence-corrected chi connectivity index (χ3v) is 3.66. The molecule has 0 saturated carbocycles. The van der Waals surface area contributed by atoms with Gasteiger partial charge >= 0.3 is 0 Å². The van der Waals surface area contributed by atoms with Gasteiger partial charge in [-0.15, -0.1) is 0 Å². The number of hydrogen-bond acceptors (Lipinski definition) is 2. The molecule has 2 aromatic rings. The fraction of sp³-hybridized carbons (Fsp3) is 0.222. The van der Waals surface area contributed by atoms with Gasteiger partial charge in [-0.25, -0.2) is 0 Å². The monoisotopic (exact) mass is 263 g/mol. The van der Waals surface area contributed by atoms with Gasteiger partial charge in [0, 0.05) is 24.1 Å². The van der Waals surface area contributed by atoms with E-state index < -0.39 is 0 Å². The lowest BCUT2D eigenvalue weighted by atomic mass is 9.95. The van der Waals surface area contributed by atoms with E-state index in [4.69, 9.17) is 0 Å². The van der Waals surface area contributed by atoms with Crippen LogP contribution in [0.1, 0.15) is 34.8 Å². The van der Waals surface area contributed by atoms with E-state index >= 15 is 0 Å². The molecule has 0 spiro atoms. The molecule has 0 unspecified atom stereocenters. The Balaban J connectivity index is 1.91. The first kappa shape index (κ1) is 12.8. The quantitative estimate of drug-likeness (QED) is 0.818. The van der Waals surface area contributed by atoms with Crippen molar-refractivity contribution in [2.45, 2.75) is 26.2 Å². The van der Waals surface area contributed by atoms with Gasteiger partial charge in [0.15, 0.2) is 5.78 Å². The molecule has 0 saturated heterocycles. The molecule has 20 heavy (non-hydrogen) atoms. The predicted molar refractivity (Wildman–Crippen MR) is 82.0 cm³/mol. The number of Topliss-reactive ketones (excluding diaryl/α,β-unsaturated/α-hetero) is 1. The molecular weight excluding hydrogens is 246 g/mol. The van der Waals surface area contributed by atoms with E-state index in [0.717, 1.165) is 29.8 Å². The van der Waals surface area contributed by atoms with Crippen LogP contribution in [0.5, 0.6) is 0 Å². The number of ketones is 1. The normalized spacial score (nSPS) is 13.8. The first-order valence-corrected chi connectivity index (χ1v) is 7.02. The zero-order valence-electron chi connectivity index (χ0n) is 11.6. The van der Waals surface area contributed by atoms with E-state index in [9.17, 15) is 4.79 Å². The Morgan fingerprint density at radius 3 is 2.60 bits per heavy atom. The number of aliphatic imine (C=N–C) groups is 1. The number of rotatable bonds is 3. The third-order valence-electron chi connectivity index (χ3n) is 3.66. The molecule has 1 aliphatic rings. The summed E-state index contributed by atoms with van der Waals surface area (Å²) in [5.74, 6) is 0.191. The summed E-state index contributed by atoms with van der Waals surface area (Å²) in [4.78, 5) is 16.9. The molecule has 100 valence electrons. The highest BCUT2D eigenvalue weighted by Crippen LogP contribution is 2.28. The summed E-state index contributed by atoms with van der Waals surface area (Å²) in [6.07, 6.45) is 2.14. The van der Waals surface area contributed by atoms with Crippen molar-refractivity contribution in [2.24, 2.45) is 4.99 Å². The molecular formula is C18H17NO. The number of nitrogens with zero attached hydrogens (tertiary/aromatic N) is 1. The molecule has 0 bridgehead atoms. The van der Waals surface area contributed by atoms with Crippen LogP contribution in [0.25, 0.3) is 0 Å². The minimum atomic E-state index is 0.191. The Labute approximate surface area is 119 Å². The molecule has 0 amide bonds. The number of hydrogen-bond donors (Lipinski definition) is 0. The zero-order chi connectivity index (χ0) is 13.9. The molecule has 2 nitrogen and oxygen atoms in total. The third kappa shape index (κ3) is 2.55. The van der Waals surface area contributed by atoms with Crippen LogP contribution >= 0.6 is 0 Å². The maximum atomic E-state index is 12.3. The number of fused-ring (bicyclic) bond motifs is 1. The maximum absolute atomic E-state index is 12.3. The summed E-state index contributed by atoms with van der Waals surface area (Å²) >= 11 is 0. The fourth-order valence-corrected chi connectivity index (χ4v) is 2.55. The fourth-order valence-electron chi connectivity index (χ4n) is 2.55. The molecule has 1 aliphatic heterocycles. The van der Waals surface area contributed by atoms with Gasteiger partial charge in [-0.1, -0.05) is 43.3 Å². The van der Waals surface area contributed by atoms with Crippen molar-refractivity contribution in [1.29, 1.82) is 0 Å². The van der Waals surface area contributed by atoms with Gasteiger partial charge < -0.3 is 0 Å². The Hall–Kier alpha value is -2.22. The van der Waals surface area contributed by atoms with Crippen molar-refractivity contribution < 1.29 is 4.79 Å². The van der Waals surface area contributed by atoms with Crippen LogP contribution in [0.2, 0.25) is 0 Å². The van der Waals surface area contributed by atoms with Crippen LogP contribution in [-0.2, 0) is 12.8 Å². The average molecular weight is 263 g/mol. The molecule has 2 aromatic carbocycles. The number of carbonyl (C=O) groups is 1. The topological polar surface area (TPSA) is 29.4 Å². The smallest absolute Gasteiger partial charge is 0.170 e. The molecule has 0 aromatic heterocycles. The number of carbonyl (C=O) groups excluding carboxylic acids is 1. The SMILES string of the molecule is CCc1ccc2c(c1)C(=O)CC(Cc1ccccc1)=N2. The van der Waals surface area contributed by atoms with E-state index in [1.54, 1.807) is 0 Å². The van der Waals surface area contributed by atoms with Gasteiger partial charge in [0.2, 0.25) is 0 Å². The Morgan fingerprint density at radius 2 is 1.85 bits per heavy atom. The van der Waals surface area contributed by atoms with Gasteiger partial charge in [0.25, 0.3) is 0 Å². The second kappa shape index (κ2) is 5.41. The second-order valence-electron chi connectivity index (χ2n) is 5.15. The maximum Gasteiger partial charge on any atom is 0.170 e. The summed E-state index contributed by atoms with van der Waals surface area (Å²) < 4.78 is 0. The number of aryl methyl sites for hydroxylation is 1. The molecule has 0 aliphatic carbocycles. The lowest BCUT2D eigenvalue weighted by Crippen LogP contribution is -2.15. The standard InChI is InChI=1S/C18H17NO/c1-2-13-8-9-17-16(11-13)18(20)12-15(19-17)10-14-6-4-3-5-7-14/h3-9,11H,2,10,12H2,1H3. The van der Waals surface area contributed by atoms with Gasteiger partial charge in [0.1, 0.15) is 0 Å². The summed E-state index contributed by atoms with van der Waals surface area (Å²) in [6.45, 7) is 2.10. The molecule has 2 heteroatoms. The molecule has 3 rings (SSSR count). The molecule has 0 N–H and O–H groups in total. The summed E-state index contributed by atoms with van der Waals surface area (Å²) in [5, 5.41) is 0. The Bertz CT molecular complexity index is 671. The van der Waals surface area contributed by atoms with Gasteiger partial charge in [-0.2, -0.15) is 0 Å². The van der Waals surface area contributed by atoms with Crippen LogP contribution in [-0.4, -0.2) is 11.5 Å². The summed E-state index contributed by atoms with van der Waals surface area (Å²) in [7, 11) is 0. The van der Waals surface area contributed by atoms with Crippen LogP contribution in [0.4, 0.5) is 5.69 Å². The Kier molecular flexibility index (Phi) is 3.46. The predicted octanol–water partition coefficient (Wildman–Crippen LogP) is 4.15. The van der Waals surface area contributed by atoms with E-state index in [1.807, 2.05) is 30.3 Å². The van der Waals surface area contributed by atoms with Crippen molar-refractivity contribution >= 4 is 17.2 Å². The minimum Gasteiger partial charge on any atom is -0.294 e. The average Bonchev–Trinajstić information content (AvgIpc) is 2.48. The van der Waals surface area contributed by atoms with E-state index in [1.165, 1.54) is 11.1 Å². The minimum absolute atomic E-state index is 0.191. The van der Waals surface area contributed by atoms with E-state index in [2.05, 4.69) is 30.1 Å². The van der Waals surface area contributed by atoms with Crippen LogP contribution in [0.15, 0.2) is 53.5 Å². The molecule has 0 fully saturated rings. The summed E-state index contributed by atoms with van der Waals surface area (Å²) in [5.41, 5.74) is 4.95. The van der Waals surface area contributed by atoms with Gasteiger partial charge in [0.05, 0.1) is 5.69 Å². The van der Waals surface area contributed by atoms with E-state index in [0.29, 0.717) is 6.42 Å². The largest absolute Gasteiger partial charge is 0.294 e. The highest BCUT2D eigenvalue weighted by molar-refractivity contribution is 6.16. The van der Waals surface area contributed by atoms with Gasteiger partial charge in [-0.3, -0.25) is 9.79 Å². The van der Waals surface area contributed by atoms with Gasteiger partial charge in [-0.05, 0) is 29.7 Å². The molecule has 0 atom stereocenters. The lowest BCUT2D eigenvalue weighted by molar-refractivity contribution is 0.0999. The zero-order valence-corrected chi connectivity index (χ0v) is 11.6. The second-order valence-corrected chi connectivity index (χ2v) is 5.15. The van der Waals surface area contributed by atoms with Crippen LogP contribution in [0.3, 0.4) is 0 Å². The summed E-state index contributed by atoms with van der Waals surface area (Å²) in [6, 6.07) is 16.2. The molecule has 0 radical (unpaired) electrons. The van der Waals surface area contributed by atoms with E-state index in [-0.39, 0.29) is 5.78 Å². The van der Waals surface area contributed by atoms with Crippen molar-refractivity contribution in [3.63, 3.8) is 0 Å². The van der Waals surface area contributed by atoms with Crippen molar-refractivity contribution in [2.75, 3.05) is 0 Å². The van der Waals surface area contributed by atoms with Crippen LogP contribution in [0, 0.1) is 0 Å². The Morgan fingerprint density at radius 1 is 1.05 bits per heavy atom. The highest BCUT2D eigenvalue weighted by atomic mass is 16.1. The first-order valence-electron chi connectivity index (χ1n) is 7.02. The van der Waals surface area contributed by atoms with Crippen molar-refractivity contribution in [3.8, 4) is 0 Å². The highest BCUT2D eigenvalue weighted by Gasteiger charge is 2.20.